The standard InChI is InChI=1S/C20H22O2/c1-3-19-17(13-15-7-5-4-6-8-15)14-22-20(19)16-9-11-18(21-2)12-10-16/h3-12,17,19-20H,1,13-14H2,2H3/t17-,19+,20-/m1/s1. The number of rotatable bonds is 5. The molecule has 22 heavy (non-hydrogen) atoms. The van der Waals surface area contributed by atoms with E-state index in [1.165, 1.54) is 11.1 Å². The first-order valence-corrected chi connectivity index (χ1v) is 7.74. The molecule has 1 heterocycles. The molecule has 1 fully saturated rings. The normalized spacial score (nSPS) is 24.1. The molecule has 0 spiro atoms. The minimum Gasteiger partial charge on any atom is -0.497 e. The van der Waals surface area contributed by atoms with Crippen molar-refractivity contribution in [1.82, 2.24) is 0 Å². The Morgan fingerprint density at radius 1 is 1.14 bits per heavy atom. The van der Waals surface area contributed by atoms with Crippen LogP contribution in [0.1, 0.15) is 17.2 Å². The lowest BCUT2D eigenvalue weighted by molar-refractivity contribution is 0.0977. The Kier molecular flexibility index (Phi) is 4.59. The highest BCUT2D eigenvalue weighted by Gasteiger charge is 2.35. The van der Waals surface area contributed by atoms with Crippen LogP contribution in [0.4, 0.5) is 0 Å². The molecule has 1 saturated heterocycles. The molecule has 2 aromatic rings. The first-order valence-electron chi connectivity index (χ1n) is 7.74. The summed E-state index contributed by atoms with van der Waals surface area (Å²) in [7, 11) is 1.68. The molecule has 3 rings (SSSR count). The van der Waals surface area contributed by atoms with Gasteiger partial charge in [0, 0.05) is 5.92 Å². The largest absolute Gasteiger partial charge is 0.497 e. The van der Waals surface area contributed by atoms with Crippen molar-refractivity contribution >= 4 is 0 Å². The summed E-state index contributed by atoms with van der Waals surface area (Å²) in [5.41, 5.74) is 2.56. The van der Waals surface area contributed by atoms with Crippen molar-refractivity contribution < 1.29 is 9.47 Å². The van der Waals surface area contributed by atoms with E-state index in [1.54, 1.807) is 7.11 Å². The van der Waals surface area contributed by atoms with Crippen molar-refractivity contribution in [2.75, 3.05) is 13.7 Å². The SMILES string of the molecule is C=C[C@H]1[C@H](Cc2ccccc2)CO[C@@H]1c1ccc(OC)cc1. The molecule has 0 aliphatic carbocycles. The van der Waals surface area contributed by atoms with Gasteiger partial charge in [0.25, 0.3) is 0 Å². The molecule has 2 heteroatoms. The molecule has 0 unspecified atom stereocenters. The third kappa shape index (κ3) is 3.07. The predicted octanol–water partition coefficient (Wildman–Crippen LogP) is 4.43. The maximum Gasteiger partial charge on any atom is 0.118 e. The maximum atomic E-state index is 6.09. The summed E-state index contributed by atoms with van der Waals surface area (Å²) in [6.45, 7) is 4.82. The summed E-state index contributed by atoms with van der Waals surface area (Å²) in [6.07, 6.45) is 3.18. The second-order valence-corrected chi connectivity index (χ2v) is 5.79. The Hall–Kier alpha value is -2.06. The van der Waals surface area contributed by atoms with Crippen LogP contribution in [0.15, 0.2) is 67.3 Å². The van der Waals surface area contributed by atoms with E-state index in [0.29, 0.717) is 11.8 Å². The third-order valence-corrected chi connectivity index (χ3v) is 4.44. The van der Waals surface area contributed by atoms with E-state index in [2.05, 4.69) is 55.1 Å². The molecule has 0 amide bonds. The Morgan fingerprint density at radius 3 is 2.50 bits per heavy atom. The molecule has 0 saturated carbocycles. The summed E-state index contributed by atoms with van der Waals surface area (Å²) in [5.74, 6) is 1.69. The van der Waals surface area contributed by atoms with E-state index in [4.69, 9.17) is 9.47 Å². The van der Waals surface area contributed by atoms with Crippen molar-refractivity contribution in [3.63, 3.8) is 0 Å². The first kappa shape index (κ1) is 14.9. The van der Waals surface area contributed by atoms with Gasteiger partial charge in [-0.1, -0.05) is 48.5 Å². The Bertz CT molecular complexity index is 603. The van der Waals surface area contributed by atoms with Crippen molar-refractivity contribution in [2.24, 2.45) is 11.8 Å². The summed E-state index contributed by atoms with van der Waals surface area (Å²) >= 11 is 0. The summed E-state index contributed by atoms with van der Waals surface area (Å²) in [5, 5.41) is 0. The molecule has 1 aliphatic heterocycles. The van der Waals surface area contributed by atoms with E-state index in [0.717, 1.165) is 18.8 Å². The zero-order valence-corrected chi connectivity index (χ0v) is 12.9. The van der Waals surface area contributed by atoms with Gasteiger partial charge in [0.05, 0.1) is 19.8 Å². The van der Waals surface area contributed by atoms with Gasteiger partial charge in [0.2, 0.25) is 0 Å². The van der Waals surface area contributed by atoms with Crippen molar-refractivity contribution in [3.05, 3.63) is 78.4 Å². The Labute approximate surface area is 132 Å². The van der Waals surface area contributed by atoms with Crippen LogP contribution in [0, 0.1) is 11.8 Å². The molecule has 2 aromatic carbocycles. The molecule has 0 radical (unpaired) electrons. The number of methoxy groups -OCH3 is 1. The highest BCUT2D eigenvalue weighted by atomic mass is 16.5. The highest BCUT2D eigenvalue weighted by Crippen LogP contribution is 2.40. The average Bonchev–Trinajstić information content (AvgIpc) is 2.98. The van der Waals surface area contributed by atoms with Crippen LogP contribution in [-0.4, -0.2) is 13.7 Å². The fraction of sp³-hybridized carbons (Fsp3) is 0.300. The van der Waals surface area contributed by atoms with Gasteiger partial charge in [-0.05, 0) is 35.6 Å². The fourth-order valence-corrected chi connectivity index (χ4v) is 3.24. The Morgan fingerprint density at radius 2 is 1.86 bits per heavy atom. The van der Waals surface area contributed by atoms with E-state index in [1.807, 2.05) is 12.1 Å². The molecule has 1 aliphatic rings. The van der Waals surface area contributed by atoms with Crippen LogP contribution < -0.4 is 4.74 Å². The van der Waals surface area contributed by atoms with Gasteiger partial charge in [-0.3, -0.25) is 0 Å². The molecule has 0 aromatic heterocycles. The summed E-state index contributed by atoms with van der Waals surface area (Å²) in [6, 6.07) is 18.8. The highest BCUT2D eigenvalue weighted by molar-refractivity contribution is 5.30. The molecule has 0 N–H and O–H groups in total. The van der Waals surface area contributed by atoms with Gasteiger partial charge in [-0.15, -0.1) is 6.58 Å². The fourth-order valence-electron chi connectivity index (χ4n) is 3.24. The van der Waals surface area contributed by atoms with E-state index < -0.39 is 0 Å². The van der Waals surface area contributed by atoms with Crippen molar-refractivity contribution in [1.29, 1.82) is 0 Å². The van der Waals surface area contributed by atoms with E-state index in [-0.39, 0.29) is 6.10 Å². The van der Waals surface area contributed by atoms with Crippen LogP contribution in [-0.2, 0) is 11.2 Å². The second-order valence-electron chi connectivity index (χ2n) is 5.79. The van der Waals surface area contributed by atoms with Crippen LogP contribution >= 0.6 is 0 Å². The van der Waals surface area contributed by atoms with Crippen molar-refractivity contribution in [3.8, 4) is 5.75 Å². The third-order valence-electron chi connectivity index (χ3n) is 4.44. The van der Waals surface area contributed by atoms with E-state index >= 15 is 0 Å². The monoisotopic (exact) mass is 294 g/mol. The maximum absolute atomic E-state index is 6.09. The number of benzene rings is 2. The van der Waals surface area contributed by atoms with Crippen LogP contribution in [0.25, 0.3) is 0 Å². The van der Waals surface area contributed by atoms with Crippen LogP contribution in [0.5, 0.6) is 5.75 Å². The lowest BCUT2D eigenvalue weighted by Crippen LogP contribution is -2.15. The van der Waals surface area contributed by atoms with Gasteiger partial charge in [0.1, 0.15) is 5.75 Å². The molecule has 2 nitrogen and oxygen atoms in total. The van der Waals surface area contributed by atoms with Crippen molar-refractivity contribution in [2.45, 2.75) is 12.5 Å². The quantitative estimate of drug-likeness (QED) is 0.760. The van der Waals surface area contributed by atoms with E-state index in [9.17, 15) is 0 Å². The molecular formula is C20H22O2. The average molecular weight is 294 g/mol. The van der Waals surface area contributed by atoms with Crippen LogP contribution in [0.3, 0.4) is 0 Å². The Balaban J connectivity index is 1.75. The van der Waals surface area contributed by atoms with Crippen LogP contribution in [0.2, 0.25) is 0 Å². The predicted molar refractivity (Wildman–Crippen MR) is 89.0 cm³/mol. The zero-order valence-electron chi connectivity index (χ0n) is 12.9. The lowest BCUT2D eigenvalue weighted by atomic mass is 9.84. The van der Waals surface area contributed by atoms with Gasteiger partial charge in [-0.25, -0.2) is 0 Å². The van der Waals surface area contributed by atoms with Gasteiger partial charge in [0.15, 0.2) is 0 Å². The second kappa shape index (κ2) is 6.80. The molecular weight excluding hydrogens is 272 g/mol. The van der Waals surface area contributed by atoms with Gasteiger partial charge in [-0.2, -0.15) is 0 Å². The zero-order chi connectivity index (χ0) is 15.4. The number of ether oxygens (including phenoxy) is 2. The minimum absolute atomic E-state index is 0.0946. The summed E-state index contributed by atoms with van der Waals surface area (Å²) in [4.78, 5) is 0. The summed E-state index contributed by atoms with van der Waals surface area (Å²) < 4.78 is 11.3. The molecule has 114 valence electrons. The molecule has 3 atom stereocenters. The van der Waals surface area contributed by atoms with Gasteiger partial charge < -0.3 is 9.47 Å². The topological polar surface area (TPSA) is 18.5 Å². The smallest absolute Gasteiger partial charge is 0.118 e. The lowest BCUT2D eigenvalue weighted by Gasteiger charge is -2.20. The first-order chi connectivity index (χ1) is 10.8. The molecule has 0 bridgehead atoms. The number of hydrogen-bond donors (Lipinski definition) is 0. The number of hydrogen-bond acceptors (Lipinski definition) is 2. The minimum atomic E-state index is 0.0946. The van der Waals surface area contributed by atoms with Gasteiger partial charge >= 0.3 is 0 Å².